The lowest BCUT2D eigenvalue weighted by atomic mass is 10.0. The number of hydrogen-bond donors (Lipinski definition) is 1. The van der Waals surface area contributed by atoms with Gasteiger partial charge in [-0.2, -0.15) is 0 Å². The topological polar surface area (TPSA) is 75.9 Å². The van der Waals surface area contributed by atoms with Gasteiger partial charge in [0.15, 0.2) is 0 Å². The number of nitrogens with one attached hydrogen (secondary N) is 1. The predicted molar refractivity (Wildman–Crippen MR) is 103 cm³/mol. The summed E-state index contributed by atoms with van der Waals surface area (Å²) < 4.78 is 1.78. The molecule has 26 heavy (non-hydrogen) atoms. The van der Waals surface area contributed by atoms with Crippen molar-refractivity contribution in [3.8, 4) is 0 Å². The number of aromatic nitrogens is 4. The molecule has 3 aromatic heterocycles. The number of imidazole rings is 1. The number of fused-ring (bicyclic) bond motifs is 1. The van der Waals surface area contributed by atoms with Crippen LogP contribution < -0.4 is 10.2 Å². The monoisotopic (exact) mass is 370 g/mol. The largest absolute Gasteiger partial charge is 0.354 e. The van der Waals surface area contributed by atoms with Gasteiger partial charge in [-0.1, -0.05) is 0 Å². The van der Waals surface area contributed by atoms with E-state index in [-0.39, 0.29) is 11.9 Å². The molecule has 1 aliphatic heterocycles. The normalized spacial score (nSPS) is 17.7. The van der Waals surface area contributed by atoms with Crippen molar-refractivity contribution in [1.29, 1.82) is 0 Å². The smallest absolute Gasteiger partial charge is 0.271 e. The van der Waals surface area contributed by atoms with Crippen LogP contribution in [0.4, 0.5) is 5.82 Å². The first kappa shape index (κ1) is 17.0. The van der Waals surface area contributed by atoms with Crippen LogP contribution in [0.1, 0.15) is 33.8 Å². The predicted octanol–water partition coefficient (Wildman–Crippen LogP) is 2.44. The number of thiophene rings is 1. The van der Waals surface area contributed by atoms with Gasteiger partial charge in [0.2, 0.25) is 0 Å². The minimum absolute atomic E-state index is 0.0864. The van der Waals surface area contributed by atoms with Gasteiger partial charge in [-0.25, -0.2) is 15.0 Å². The summed E-state index contributed by atoms with van der Waals surface area (Å²) >= 11 is 1.71. The Morgan fingerprint density at radius 2 is 2.15 bits per heavy atom. The molecule has 0 radical (unpaired) electrons. The van der Waals surface area contributed by atoms with Crippen LogP contribution in [-0.4, -0.2) is 44.6 Å². The number of piperidine rings is 1. The molecule has 0 aromatic carbocycles. The van der Waals surface area contributed by atoms with Gasteiger partial charge in [-0.3, -0.25) is 4.79 Å². The second-order valence-corrected chi connectivity index (χ2v) is 8.05. The summed E-state index contributed by atoms with van der Waals surface area (Å²) in [5, 5.41) is 4.26. The average Bonchev–Trinajstić information content (AvgIpc) is 3.19. The molecule has 4 rings (SSSR count). The molecule has 1 saturated heterocycles. The Morgan fingerprint density at radius 1 is 1.31 bits per heavy atom. The highest BCUT2D eigenvalue weighted by Gasteiger charge is 2.25. The van der Waals surface area contributed by atoms with E-state index in [1.807, 2.05) is 7.05 Å². The summed E-state index contributed by atoms with van der Waals surface area (Å²) in [7, 11) is 1.86. The maximum atomic E-state index is 12.4. The molecule has 8 heteroatoms. The highest BCUT2D eigenvalue weighted by Crippen LogP contribution is 2.35. The number of aryl methyl sites for hydroxylation is 3. The number of nitrogens with zero attached hydrogens (tertiary/aromatic N) is 5. The lowest BCUT2D eigenvalue weighted by Crippen LogP contribution is -2.48. The summed E-state index contributed by atoms with van der Waals surface area (Å²) in [6, 6.07) is 0.0864. The van der Waals surface area contributed by atoms with Gasteiger partial charge in [-0.05, 0) is 32.3 Å². The Morgan fingerprint density at radius 3 is 2.92 bits per heavy atom. The molecule has 1 atom stereocenters. The van der Waals surface area contributed by atoms with Crippen LogP contribution in [0.15, 0.2) is 18.9 Å². The third-order valence-electron chi connectivity index (χ3n) is 4.94. The van der Waals surface area contributed by atoms with Crippen LogP contribution in [0, 0.1) is 13.8 Å². The second kappa shape index (κ2) is 6.68. The maximum absolute atomic E-state index is 12.4. The standard InChI is InChI=1S/C18H22N6OS/c1-11-12(2)26-18-15(11)16(19-9-20-18)24-6-4-5-13(7-24)22-17(25)14-8-23(3)10-21-14/h8-10,13H,4-7H2,1-3H3,(H,22,25). The molecule has 0 saturated carbocycles. The van der Waals surface area contributed by atoms with Gasteiger partial charge in [-0.15, -0.1) is 11.3 Å². The third-order valence-corrected chi connectivity index (χ3v) is 6.05. The Hall–Kier alpha value is -2.48. The van der Waals surface area contributed by atoms with Gasteiger partial charge in [0.1, 0.15) is 22.7 Å². The van der Waals surface area contributed by atoms with Gasteiger partial charge < -0.3 is 14.8 Å². The quantitative estimate of drug-likeness (QED) is 0.766. The maximum Gasteiger partial charge on any atom is 0.271 e. The second-order valence-electron chi connectivity index (χ2n) is 6.84. The Balaban J connectivity index is 1.55. The molecule has 1 amide bonds. The minimum atomic E-state index is -0.118. The van der Waals surface area contributed by atoms with Crippen molar-refractivity contribution in [3.63, 3.8) is 0 Å². The molecule has 1 aliphatic rings. The van der Waals surface area contributed by atoms with Crippen LogP contribution in [0.25, 0.3) is 10.2 Å². The molecule has 0 bridgehead atoms. The fourth-order valence-corrected chi connectivity index (χ4v) is 4.47. The van der Waals surface area contributed by atoms with Crippen molar-refractivity contribution in [3.05, 3.63) is 35.0 Å². The zero-order valence-corrected chi connectivity index (χ0v) is 16.0. The first-order chi connectivity index (χ1) is 12.5. The Bertz CT molecular complexity index is 962. The van der Waals surface area contributed by atoms with Crippen LogP contribution >= 0.6 is 11.3 Å². The number of rotatable bonds is 3. The van der Waals surface area contributed by atoms with E-state index in [1.54, 1.807) is 34.8 Å². The molecule has 1 unspecified atom stereocenters. The first-order valence-corrected chi connectivity index (χ1v) is 9.59. The number of amides is 1. The number of anilines is 1. The molecular weight excluding hydrogens is 348 g/mol. The molecule has 1 N–H and O–H groups in total. The lowest BCUT2D eigenvalue weighted by Gasteiger charge is -2.34. The zero-order chi connectivity index (χ0) is 18.3. The van der Waals surface area contributed by atoms with Gasteiger partial charge in [0.05, 0.1) is 11.7 Å². The van der Waals surface area contributed by atoms with Crippen molar-refractivity contribution in [2.24, 2.45) is 7.05 Å². The summed E-state index contributed by atoms with van der Waals surface area (Å²) in [5.41, 5.74) is 1.71. The van der Waals surface area contributed by atoms with Crippen LogP contribution in [0.5, 0.6) is 0 Å². The third kappa shape index (κ3) is 3.05. The number of carbonyl (C=O) groups is 1. The van der Waals surface area contributed by atoms with E-state index in [2.05, 4.69) is 39.0 Å². The molecule has 4 heterocycles. The van der Waals surface area contributed by atoms with Crippen molar-refractivity contribution >= 4 is 33.3 Å². The van der Waals surface area contributed by atoms with Gasteiger partial charge >= 0.3 is 0 Å². The summed E-state index contributed by atoms with van der Waals surface area (Å²) in [4.78, 5) is 30.1. The minimum Gasteiger partial charge on any atom is -0.354 e. The average molecular weight is 370 g/mol. The summed E-state index contributed by atoms with van der Waals surface area (Å²) in [6.45, 7) is 5.94. The fourth-order valence-electron chi connectivity index (χ4n) is 3.48. The van der Waals surface area contributed by atoms with E-state index in [0.717, 1.165) is 42.0 Å². The molecule has 0 spiro atoms. The van der Waals surface area contributed by atoms with Gasteiger partial charge in [0.25, 0.3) is 5.91 Å². The number of carbonyl (C=O) groups excluding carboxylic acids is 1. The first-order valence-electron chi connectivity index (χ1n) is 8.77. The number of hydrogen-bond acceptors (Lipinski definition) is 6. The van der Waals surface area contributed by atoms with Crippen molar-refractivity contribution < 1.29 is 4.79 Å². The van der Waals surface area contributed by atoms with Crippen LogP contribution in [0.3, 0.4) is 0 Å². The lowest BCUT2D eigenvalue weighted by molar-refractivity contribution is 0.0928. The highest BCUT2D eigenvalue weighted by atomic mass is 32.1. The van der Waals surface area contributed by atoms with Crippen molar-refractivity contribution in [1.82, 2.24) is 24.8 Å². The van der Waals surface area contributed by atoms with E-state index in [9.17, 15) is 4.79 Å². The fraction of sp³-hybridized carbons (Fsp3) is 0.444. The zero-order valence-electron chi connectivity index (χ0n) is 15.2. The Kier molecular flexibility index (Phi) is 4.36. The van der Waals surface area contributed by atoms with Crippen molar-refractivity contribution in [2.45, 2.75) is 32.7 Å². The van der Waals surface area contributed by atoms with Crippen LogP contribution in [0.2, 0.25) is 0 Å². The summed E-state index contributed by atoms with van der Waals surface area (Å²) in [5.74, 6) is 0.862. The van der Waals surface area contributed by atoms with E-state index in [4.69, 9.17) is 0 Å². The molecule has 3 aromatic rings. The summed E-state index contributed by atoms with van der Waals surface area (Å²) in [6.07, 6.45) is 7.00. The molecular formula is C18H22N6OS. The van der Waals surface area contributed by atoms with E-state index in [0.29, 0.717) is 5.69 Å². The van der Waals surface area contributed by atoms with Crippen LogP contribution in [-0.2, 0) is 7.05 Å². The highest BCUT2D eigenvalue weighted by molar-refractivity contribution is 7.18. The van der Waals surface area contributed by atoms with E-state index >= 15 is 0 Å². The molecule has 0 aliphatic carbocycles. The van der Waals surface area contributed by atoms with Crippen molar-refractivity contribution in [2.75, 3.05) is 18.0 Å². The van der Waals surface area contributed by atoms with E-state index in [1.165, 1.54) is 10.4 Å². The molecule has 136 valence electrons. The Labute approximate surface area is 156 Å². The SMILES string of the molecule is Cc1sc2ncnc(N3CCCC(NC(=O)c4cn(C)cn4)C3)c2c1C. The van der Waals surface area contributed by atoms with Gasteiger partial charge in [0, 0.05) is 37.3 Å². The molecule has 1 fully saturated rings. The molecule has 7 nitrogen and oxygen atoms in total. The van der Waals surface area contributed by atoms with E-state index < -0.39 is 0 Å².